The standard InChI is InChI=1S/C19H23Cl2FN6O4/c1-9(2)7-13(18(31)26-27(6-5-14(23)29)19(32)15(21)22)28-12-4-3-10(20)8-11(12)25-17(28)16(24)30/h3-4,8-9,13,15H,5-7H2,1-2H3,(H2,23,29)(H2,24,30)(H,26,31)/t13-,15+/m0/s1. The highest BCUT2D eigenvalue weighted by molar-refractivity contribution is 6.31. The average Bonchev–Trinajstić information content (AvgIpc) is 3.06. The summed E-state index contributed by atoms with van der Waals surface area (Å²) in [5.41, 5.74) is 11.1. The quantitative estimate of drug-likeness (QED) is 0.361. The molecule has 1 aromatic heterocycles. The first kappa shape index (κ1) is 25.3. The lowest BCUT2D eigenvalue weighted by Crippen LogP contribution is -2.51. The maximum atomic E-state index is 13.4. The van der Waals surface area contributed by atoms with Gasteiger partial charge in [-0.2, -0.15) is 0 Å². The van der Waals surface area contributed by atoms with Gasteiger partial charge >= 0.3 is 0 Å². The number of fused-ring (bicyclic) bond motifs is 1. The molecule has 0 saturated carbocycles. The fourth-order valence-electron chi connectivity index (χ4n) is 3.11. The maximum Gasteiger partial charge on any atom is 0.291 e. The van der Waals surface area contributed by atoms with E-state index >= 15 is 0 Å². The highest BCUT2D eigenvalue weighted by Gasteiger charge is 2.32. The predicted molar refractivity (Wildman–Crippen MR) is 116 cm³/mol. The van der Waals surface area contributed by atoms with E-state index in [4.69, 9.17) is 34.7 Å². The number of imidazole rings is 1. The van der Waals surface area contributed by atoms with Crippen LogP contribution in [0.5, 0.6) is 0 Å². The number of rotatable bonds is 9. The van der Waals surface area contributed by atoms with Crippen molar-refractivity contribution in [2.75, 3.05) is 6.54 Å². The molecule has 2 aromatic rings. The number of hydrogen-bond donors (Lipinski definition) is 3. The molecule has 174 valence electrons. The lowest BCUT2D eigenvalue weighted by molar-refractivity contribution is -0.145. The van der Waals surface area contributed by atoms with Gasteiger partial charge < -0.3 is 16.0 Å². The van der Waals surface area contributed by atoms with Crippen LogP contribution in [0.15, 0.2) is 18.2 Å². The van der Waals surface area contributed by atoms with Crippen molar-refractivity contribution in [1.29, 1.82) is 0 Å². The number of amides is 4. The van der Waals surface area contributed by atoms with Gasteiger partial charge in [-0.25, -0.2) is 14.4 Å². The molecule has 5 N–H and O–H groups in total. The van der Waals surface area contributed by atoms with E-state index in [-0.39, 0.29) is 24.6 Å². The summed E-state index contributed by atoms with van der Waals surface area (Å²) in [4.78, 5) is 52.7. The van der Waals surface area contributed by atoms with Crippen molar-refractivity contribution >= 4 is 57.9 Å². The van der Waals surface area contributed by atoms with Gasteiger partial charge in [0, 0.05) is 11.4 Å². The van der Waals surface area contributed by atoms with E-state index in [1.54, 1.807) is 12.1 Å². The van der Waals surface area contributed by atoms with Gasteiger partial charge in [0.15, 0.2) is 0 Å². The summed E-state index contributed by atoms with van der Waals surface area (Å²) < 4.78 is 14.8. The van der Waals surface area contributed by atoms with E-state index in [1.165, 1.54) is 10.6 Å². The predicted octanol–water partition coefficient (Wildman–Crippen LogP) is 1.65. The number of hydrogen-bond acceptors (Lipinski definition) is 5. The van der Waals surface area contributed by atoms with Crippen LogP contribution in [0.4, 0.5) is 4.39 Å². The van der Waals surface area contributed by atoms with Crippen molar-refractivity contribution < 1.29 is 23.6 Å². The molecule has 0 aliphatic carbocycles. The fourth-order valence-corrected chi connectivity index (χ4v) is 3.39. The topological polar surface area (TPSA) is 153 Å². The Labute approximate surface area is 193 Å². The van der Waals surface area contributed by atoms with Crippen molar-refractivity contribution in [2.24, 2.45) is 17.4 Å². The number of halogens is 3. The summed E-state index contributed by atoms with van der Waals surface area (Å²) in [5.74, 6) is -3.95. The lowest BCUT2D eigenvalue weighted by atomic mass is 10.0. The van der Waals surface area contributed by atoms with Crippen LogP contribution in [0.2, 0.25) is 5.02 Å². The summed E-state index contributed by atoms with van der Waals surface area (Å²) in [6, 6.07) is 3.57. The highest BCUT2D eigenvalue weighted by Crippen LogP contribution is 2.28. The molecule has 0 spiro atoms. The summed E-state index contributed by atoms with van der Waals surface area (Å²) in [7, 11) is 0. The molecule has 32 heavy (non-hydrogen) atoms. The van der Waals surface area contributed by atoms with Crippen molar-refractivity contribution in [3.63, 3.8) is 0 Å². The Balaban J connectivity index is 2.52. The van der Waals surface area contributed by atoms with E-state index < -0.39 is 41.8 Å². The number of nitrogens with one attached hydrogen (secondary N) is 1. The van der Waals surface area contributed by atoms with Crippen LogP contribution >= 0.6 is 23.2 Å². The molecular formula is C19H23Cl2FN6O4. The summed E-state index contributed by atoms with van der Waals surface area (Å²) in [6.45, 7) is 3.28. The average molecular weight is 489 g/mol. The van der Waals surface area contributed by atoms with Gasteiger partial charge in [-0.05, 0) is 30.5 Å². The molecule has 0 radical (unpaired) electrons. The van der Waals surface area contributed by atoms with Crippen LogP contribution in [0.3, 0.4) is 0 Å². The number of hydrazine groups is 1. The van der Waals surface area contributed by atoms with Gasteiger partial charge in [0.05, 0.1) is 17.6 Å². The van der Waals surface area contributed by atoms with E-state index in [2.05, 4.69) is 10.4 Å². The Bertz CT molecular complexity index is 1040. The Hall–Kier alpha value is -2.92. The first-order chi connectivity index (χ1) is 14.9. The summed E-state index contributed by atoms with van der Waals surface area (Å²) in [5, 5.41) is 0.945. The molecule has 4 amide bonds. The zero-order chi connectivity index (χ0) is 24.2. The molecular weight excluding hydrogens is 466 g/mol. The van der Waals surface area contributed by atoms with E-state index in [1.807, 2.05) is 13.8 Å². The smallest absolute Gasteiger partial charge is 0.291 e. The number of primary amides is 2. The minimum absolute atomic E-state index is 0.0482. The number of aromatic nitrogens is 2. The van der Waals surface area contributed by atoms with Crippen LogP contribution in [-0.4, -0.2) is 50.4 Å². The fraction of sp³-hybridized carbons (Fsp3) is 0.421. The van der Waals surface area contributed by atoms with Crippen molar-refractivity contribution in [3.8, 4) is 0 Å². The molecule has 0 aliphatic rings. The van der Waals surface area contributed by atoms with E-state index in [0.717, 1.165) is 0 Å². The Morgan fingerprint density at radius 1 is 1.25 bits per heavy atom. The monoisotopic (exact) mass is 488 g/mol. The van der Waals surface area contributed by atoms with Crippen LogP contribution in [-0.2, 0) is 14.4 Å². The van der Waals surface area contributed by atoms with Gasteiger partial charge in [-0.15, -0.1) is 0 Å². The molecule has 13 heteroatoms. The number of carbonyl (C=O) groups excluding carboxylic acids is 4. The number of nitrogens with zero attached hydrogens (tertiary/aromatic N) is 3. The van der Waals surface area contributed by atoms with Crippen LogP contribution in [0.1, 0.15) is 43.3 Å². The molecule has 10 nitrogen and oxygen atoms in total. The zero-order valence-corrected chi connectivity index (χ0v) is 18.9. The SMILES string of the molecule is CC(C)C[C@@H](C(=O)NN(CCC(N)=O)C(=O)[C@@H](F)Cl)n1c(C(N)=O)nc2cc(Cl)ccc21. The highest BCUT2D eigenvalue weighted by atomic mass is 35.5. The van der Waals surface area contributed by atoms with Crippen molar-refractivity contribution in [2.45, 2.75) is 38.4 Å². The molecule has 2 rings (SSSR count). The van der Waals surface area contributed by atoms with Crippen LogP contribution in [0.25, 0.3) is 11.0 Å². The second-order valence-corrected chi connectivity index (χ2v) is 8.25. The molecule has 1 heterocycles. The lowest BCUT2D eigenvalue weighted by Gasteiger charge is -2.28. The second kappa shape index (κ2) is 10.6. The number of nitrogens with two attached hydrogens (primary N) is 2. The van der Waals surface area contributed by atoms with Crippen LogP contribution in [0, 0.1) is 5.92 Å². The first-order valence-electron chi connectivity index (χ1n) is 9.58. The zero-order valence-electron chi connectivity index (χ0n) is 17.3. The first-order valence-corrected chi connectivity index (χ1v) is 10.4. The van der Waals surface area contributed by atoms with E-state index in [0.29, 0.717) is 21.1 Å². The van der Waals surface area contributed by atoms with E-state index in [9.17, 15) is 23.6 Å². The molecule has 1 aromatic carbocycles. The molecule has 0 saturated heterocycles. The molecule has 2 atom stereocenters. The number of carbonyl (C=O) groups is 4. The maximum absolute atomic E-state index is 13.4. The Kier molecular flexibility index (Phi) is 8.39. The summed E-state index contributed by atoms with van der Waals surface area (Å²) in [6.07, 6.45) is -0.137. The Morgan fingerprint density at radius 3 is 2.44 bits per heavy atom. The van der Waals surface area contributed by atoms with Gasteiger partial charge in [-0.1, -0.05) is 37.0 Å². The third-order valence-corrected chi connectivity index (χ3v) is 4.88. The molecule has 0 bridgehead atoms. The third kappa shape index (κ3) is 6.07. The minimum atomic E-state index is -2.45. The van der Waals surface area contributed by atoms with Gasteiger partial charge in [0.25, 0.3) is 23.4 Å². The third-order valence-electron chi connectivity index (χ3n) is 4.46. The molecule has 0 unspecified atom stereocenters. The van der Waals surface area contributed by atoms with Crippen molar-refractivity contribution in [1.82, 2.24) is 20.0 Å². The largest absolute Gasteiger partial charge is 0.370 e. The normalized spacial score (nSPS) is 13.1. The number of alkyl halides is 2. The molecule has 0 fully saturated rings. The van der Waals surface area contributed by atoms with Crippen molar-refractivity contribution in [3.05, 3.63) is 29.0 Å². The number of benzene rings is 1. The van der Waals surface area contributed by atoms with Crippen LogP contribution < -0.4 is 16.9 Å². The summed E-state index contributed by atoms with van der Waals surface area (Å²) >= 11 is 11.2. The van der Waals surface area contributed by atoms with Gasteiger partial charge in [0.2, 0.25) is 11.7 Å². The Morgan fingerprint density at radius 2 is 1.91 bits per heavy atom. The minimum Gasteiger partial charge on any atom is -0.370 e. The van der Waals surface area contributed by atoms with Gasteiger partial charge in [0.1, 0.15) is 6.04 Å². The van der Waals surface area contributed by atoms with Gasteiger partial charge in [-0.3, -0.25) is 24.6 Å². The molecule has 0 aliphatic heterocycles. The second-order valence-electron chi connectivity index (χ2n) is 7.43.